The highest BCUT2D eigenvalue weighted by molar-refractivity contribution is 6.32. The predicted octanol–water partition coefficient (Wildman–Crippen LogP) is 4.74. The molecule has 5 aromatic rings. The van der Waals surface area contributed by atoms with Crippen LogP contribution < -0.4 is 16.0 Å². The highest BCUT2D eigenvalue weighted by Gasteiger charge is 2.36. The van der Waals surface area contributed by atoms with Gasteiger partial charge in [-0.3, -0.25) is 4.79 Å². The van der Waals surface area contributed by atoms with Crippen LogP contribution in [-0.2, 0) is 26.2 Å². The molecule has 0 spiro atoms. The highest BCUT2D eigenvalue weighted by Crippen LogP contribution is 2.40. The fourth-order valence-corrected chi connectivity index (χ4v) is 5.17. The van der Waals surface area contributed by atoms with Crippen LogP contribution in [0.25, 0.3) is 22.0 Å². The van der Waals surface area contributed by atoms with Crippen LogP contribution in [0.4, 0.5) is 0 Å². The zero-order valence-corrected chi connectivity index (χ0v) is 20.1. The standard InChI is InChI=1S/C28H23ClN4O2/c1-32-16-31-14-26(32)28(30)19-7-9-24-22(11-19)21(13-27(34)33(24)2)18-5-3-4-17(10-18)15-35-25-12-20(28)6-8-23(25)29/h3-14,16H,15,30H2,1-2H3/t28-/m0/s1. The Morgan fingerprint density at radius 1 is 1.03 bits per heavy atom. The number of benzene rings is 3. The summed E-state index contributed by atoms with van der Waals surface area (Å²) in [6.45, 7) is 0.325. The average Bonchev–Trinajstić information content (AvgIpc) is 3.31. The first-order chi connectivity index (χ1) is 16.9. The van der Waals surface area contributed by atoms with E-state index < -0.39 is 5.54 Å². The summed E-state index contributed by atoms with van der Waals surface area (Å²) in [5.41, 5.74) is 12.3. The summed E-state index contributed by atoms with van der Waals surface area (Å²) in [5.74, 6) is 0.553. The molecular weight excluding hydrogens is 460 g/mol. The molecule has 2 aromatic heterocycles. The van der Waals surface area contributed by atoms with Crippen LogP contribution >= 0.6 is 11.6 Å². The van der Waals surface area contributed by atoms with Gasteiger partial charge in [0.15, 0.2) is 0 Å². The van der Waals surface area contributed by atoms with Gasteiger partial charge in [-0.1, -0.05) is 41.9 Å². The van der Waals surface area contributed by atoms with Crippen molar-refractivity contribution in [1.82, 2.24) is 14.1 Å². The number of aryl methyl sites for hydroxylation is 2. The first-order valence-electron chi connectivity index (χ1n) is 11.3. The Hall–Kier alpha value is -3.87. The molecular formula is C28H23ClN4O2. The van der Waals surface area contributed by atoms with Crippen LogP contribution in [0.5, 0.6) is 5.75 Å². The second kappa shape index (κ2) is 7.83. The second-order valence-electron chi connectivity index (χ2n) is 9.02. The summed E-state index contributed by atoms with van der Waals surface area (Å²) in [4.78, 5) is 17.2. The van der Waals surface area contributed by atoms with E-state index in [0.29, 0.717) is 17.4 Å². The minimum absolute atomic E-state index is 0.0738. The van der Waals surface area contributed by atoms with Gasteiger partial charge in [0.1, 0.15) is 17.9 Å². The molecule has 35 heavy (non-hydrogen) atoms. The number of imidazole rings is 1. The molecule has 0 radical (unpaired) electrons. The van der Waals surface area contributed by atoms with Gasteiger partial charge < -0.3 is 19.6 Å². The summed E-state index contributed by atoms with van der Waals surface area (Å²) < 4.78 is 9.75. The van der Waals surface area contributed by atoms with Gasteiger partial charge in [-0.05, 0) is 58.1 Å². The maximum absolute atomic E-state index is 12.9. The quantitative estimate of drug-likeness (QED) is 0.374. The van der Waals surface area contributed by atoms with E-state index in [1.807, 2.05) is 66.2 Å². The van der Waals surface area contributed by atoms with E-state index in [4.69, 9.17) is 22.1 Å². The molecule has 1 atom stereocenters. The van der Waals surface area contributed by atoms with E-state index >= 15 is 0 Å². The number of rotatable bonds is 1. The van der Waals surface area contributed by atoms with Crippen molar-refractivity contribution >= 4 is 22.5 Å². The van der Waals surface area contributed by atoms with Crippen LogP contribution in [0.1, 0.15) is 22.4 Å². The number of pyridine rings is 1. The zero-order valence-electron chi connectivity index (χ0n) is 19.3. The molecule has 3 aromatic carbocycles. The van der Waals surface area contributed by atoms with Crippen LogP contribution in [0.15, 0.2) is 84.0 Å². The van der Waals surface area contributed by atoms with Gasteiger partial charge in [0.2, 0.25) is 0 Å². The van der Waals surface area contributed by atoms with Crippen molar-refractivity contribution in [1.29, 1.82) is 0 Å². The van der Waals surface area contributed by atoms with Gasteiger partial charge in [-0.2, -0.15) is 0 Å². The van der Waals surface area contributed by atoms with E-state index in [1.54, 1.807) is 30.2 Å². The number of fused-ring (bicyclic) bond motifs is 6. The lowest BCUT2D eigenvalue weighted by Crippen LogP contribution is -2.41. The van der Waals surface area contributed by atoms with Crippen molar-refractivity contribution in [2.45, 2.75) is 12.1 Å². The monoisotopic (exact) mass is 482 g/mol. The van der Waals surface area contributed by atoms with Gasteiger partial charge >= 0.3 is 0 Å². The fraction of sp³-hybridized carbons (Fsp3) is 0.143. The molecule has 174 valence electrons. The maximum Gasteiger partial charge on any atom is 0.251 e. The third kappa shape index (κ3) is 3.29. The molecule has 0 amide bonds. The molecule has 0 saturated carbocycles. The van der Waals surface area contributed by atoms with Crippen molar-refractivity contribution in [2.75, 3.05) is 0 Å². The molecule has 3 heterocycles. The maximum atomic E-state index is 12.9. The number of ether oxygens (including phenoxy) is 1. The van der Waals surface area contributed by atoms with Crippen molar-refractivity contribution < 1.29 is 4.74 Å². The van der Waals surface area contributed by atoms with Gasteiger partial charge in [0.25, 0.3) is 5.56 Å². The van der Waals surface area contributed by atoms with Crippen LogP contribution in [0.2, 0.25) is 5.02 Å². The number of nitrogens with zero attached hydrogens (tertiary/aromatic N) is 3. The molecule has 6 rings (SSSR count). The summed E-state index contributed by atoms with van der Waals surface area (Å²) in [7, 11) is 3.71. The second-order valence-corrected chi connectivity index (χ2v) is 9.43. The van der Waals surface area contributed by atoms with E-state index in [2.05, 4.69) is 11.1 Å². The molecule has 1 aliphatic rings. The topological polar surface area (TPSA) is 75.1 Å². The average molecular weight is 483 g/mol. The molecule has 1 aliphatic heterocycles. The van der Waals surface area contributed by atoms with E-state index in [9.17, 15) is 4.79 Å². The Morgan fingerprint density at radius 2 is 1.83 bits per heavy atom. The molecule has 0 unspecified atom stereocenters. The van der Waals surface area contributed by atoms with E-state index in [0.717, 1.165) is 44.4 Å². The SMILES string of the molecule is Cn1cncc1[C@@]1(N)c2ccc(Cl)c(c2)OCc2cccc(c2)-c2cc(=O)n(C)c3ccc1cc23. The van der Waals surface area contributed by atoms with Crippen LogP contribution in [0.3, 0.4) is 0 Å². The van der Waals surface area contributed by atoms with E-state index in [1.165, 1.54) is 0 Å². The van der Waals surface area contributed by atoms with Gasteiger partial charge in [-0.25, -0.2) is 4.98 Å². The Labute approximate surface area is 207 Å². The molecule has 0 saturated heterocycles. The minimum Gasteiger partial charge on any atom is -0.487 e. The Morgan fingerprint density at radius 3 is 2.63 bits per heavy atom. The first-order valence-corrected chi connectivity index (χ1v) is 11.7. The Kier molecular flexibility index (Phi) is 4.85. The summed E-state index contributed by atoms with van der Waals surface area (Å²) >= 11 is 6.53. The number of hydrogen-bond donors (Lipinski definition) is 1. The van der Waals surface area contributed by atoms with Crippen molar-refractivity contribution in [2.24, 2.45) is 19.8 Å². The number of halogens is 1. The third-order valence-corrected chi connectivity index (χ3v) is 7.25. The number of hydrogen-bond acceptors (Lipinski definition) is 4. The molecule has 0 aliphatic carbocycles. The molecule has 7 heteroatoms. The highest BCUT2D eigenvalue weighted by atomic mass is 35.5. The number of nitrogens with two attached hydrogens (primary N) is 1. The van der Waals surface area contributed by atoms with Crippen molar-refractivity contribution in [3.63, 3.8) is 0 Å². The zero-order chi connectivity index (χ0) is 24.3. The minimum atomic E-state index is -1.05. The molecule has 6 nitrogen and oxygen atoms in total. The largest absolute Gasteiger partial charge is 0.487 e. The Balaban J connectivity index is 1.77. The van der Waals surface area contributed by atoms with Gasteiger partial charge in [0.05, 0.1) is 28.8 Å². The van der Waals surface area contributed by atoms with Crippen LogP contribution in [-0.4, -0.2) is 14.1 Å². The van der Waals surface area contributed by atoms with Crippen molar-refractivity contribution in [3.8, 4) is 16.9 Å². The fourth-order valence-electron chi connectivity index (χ4n) is 4.99. The molecule has 6 bridgehead atoms. The summed E-state index contributed by atoms with van der Waals surface area (Å²) in [5, 5.41) is 1.45. The Bertz CT molecular complexity index is 1690. The smallest absolute Gasteiger partial charge is 0.251 e. The summed E-state index contributed by atoms with van der Waals surface area (Å²) in [6, 6.07) is 21.4. The van der Waals surface area contributed by atoms with E-state index in [-0.39, 0.29) is 5.56 Å². The van der Waals surface area contributed by atoms with Crippen molar-refractivity contribution in [3.05, 3.63) is 117 Å². The van der Waals surface area contributed by atoms with Gasteiger partial charge in [0, 0.05) is 25.5 Å². The van der Waals surface area contributed by atoms with Crippen LogP contribution in [0, 0.1) is 0 Å². The summed E-state index contributed by atoms with van der Waals surface area (Å²) in [6.07, 6.45) is 3.52. The first kappa shape index (κ1) is 21.6. The van der Waals surface area contributed by atoms with Gasteiger partial charge in [-0.15, -0.1) is 0 Å². The predicted molar refractivity (Wildman–Crippen MR) is 138 cm³/mol. The number of aromatic nitrogens is 3. The lowest BCUT2D eigenvalue weighted by atomic mass is 9.80. The molecule has 2 N–H and O–H groups in total. The normalized spacial score (nSPS) is 16.9. The third-order valence-electron chi connectivity index (χ3n) is 6.94. The lowest BCUT2D eigenvalue weighted by Gasteiger charge is -2.32. The molecule has 0 fully saturated rings. The lowest BCUT2D eigenvalue weighted by molar-refractivity contribution is 0.305.